The summed E-state index contributed by atoms with van der Waals surface area (Å²) in [5.74, 6) is 5.48. The Morgan fingerprint density at radius 3 is 2.86 bits per heavy atom. The second-order valence-corrected chi connectivity index (χ2v) is 4.49. The summed E-state index contributed by atoms with van der Waals surface area (Å²) in [7, 11) is 1.69. The number of methoxy groups -OCH3 is 1. The van der Waals surface area contributed by atoms with Gasteiger partial charge in [-0.2, -0.15) is 0 Å². The standard InChI is InChI=1S/C9H15ClN2OS/c1-6(13-2)5-8(12-11)9-7(10)3-4-14-9/h3-4,6,8,12H,5,11H2,1-2H3. The lowest BCUT2D eigenvalue weighted by molar-refractivity contribution is 0.101. The molecule has 14 heavy (non-hydrogen) atoms. The lowest BCUT2D eigenvalue weighted by Gasteiger charge is -2.18. The molecule has 1 aromatic rings. The number of ether oxygens (including phenoxy) is 1. The van der Waals surface area contributed by atoms with Crippen LogP contribution in [0.3, 0.4) is 0 Å². The van der Waals surface area contributed by atoms with Crippen molar-refractivity contribution in [3.63, 3.8) is 0 Å². The Bertz CT molecular complexity index is 280. The van der Waals surface area contributed by atoms with Gasteiger partial charge < -0.3 is 4.74 Å². The molecule has 5 heteroatoms. The maximum atomic E-state index is 6.01. The van der Waals surface area contributed by atoms with Gasteiger partial charge in [-0.3, -0.25) is 11.3 Å². The molecular weight excluding hydrogens is 220 g/mol. The molecule has 1 rings (SSSR count). The van der Waals surface area contributed by atoms with E-state index in [1.54, 1.807) is 18.4 Å². The molecule has 0 aromatic carbocycles. The molecule has 2 atom stereocenters. The van der Waals surface area contributed by atoms with Crippen molar-refractivity contribution in [2.24, 2.45) is 5.84 Å². The van der Waals surface area contributed by atoms with Gasteiger partial charge in [0, 0.05) is 12.0 Å². The first-order valence-corrected chi connectivity index (χ1v) is 5.66. The summed E-state index contributed by atoms with van der Waals surface area (Å²) in [6.07, 6.45) is 0.974. The Morgan fingerprint density at radius 1 is 1.71 bits per heavy atom. The first-order chi connectivity index (χ1) is 6.69. The first-order valence-electron chi connectivity index (χ1n) is 4.40. The van der Waals surface area contributed by atoms with Gasteiger partial charge in [0.15, 0.2) is 0 Å². The minimum Gasteiger partial charge on any atom is -0.382 e. The van der Waals surface area contributed by atoms with Crippen LogP contribution in [0.4, 0.5) is 0 Å². The predicted octanol–water partition coefficient (Wildman–Crippen LogP) is 2.33. The molecule has 3 nitrogen and oxygen atoms in total. The topological polar surface area (TPSA) is 47.3 Å². The normalized spacial score (nSPS) is 15.4. The van der Waals surface area contributed by atoms with Gasteiger partial charge in [-0.1, -0.05) is 11.6 Å². The van der Waals surface area contributed by atoms with Crippen molar-refractivity contribution < 1.29 is 4.74 Å². The molecule has 0 fully saturated rings. The number of nitrogens with two attached hydrogens (primary N) is 1. The van der Waals surface area contributed by atoms with E-state index in [9.17, 15) is 0 Å². The van der Waals surface area contributed by atoms with E-state index in [0.717, 1.165) is 16.3 Å². The van der Waals surface area contributed by atoms with Crippen LogP contribution in [0.25, 0.3) is 0 Å². The molecule has 0 saturated heterocycles. The van der Waals surface area contributed by atoms with Crippen molar-refractivity contribution in [3.8, 4) is 0 Å². The lowest BCUT2D eigenvalue weighted by Crippen LogP contribution is -2.30. The van der Waals surface area contributed by atoms with Gasteiger partial charge in [0.05, 0.1) is 17.2 Å². The van der Waals surface area contributed by atoms with E-state index < -0.39 is 0 Å². The van der Waals surface area contributed by atoms with Gasteiger partial charge in [-0.15, -0.1) is 11.3 Å². The SMILES string of the molecule is COC(C)CC(NN)c1sccc1Cl. The van der Waals surface area contributed by atoms with Gasteiger partial charge in [0.25, 0.3) is 0 Å². The van der Waals surface area contributed by atoms with Gasteiger partial charge in [0.1, 0.15) is 0 Å². The van der Waals surface area contributed by atoms with E-state index in [2.05, 4.69) is 5.43 Å². The Labute approximate surface area is 93.2 Å². The molecule has 0 spiro atoms. The Morgan fingerprint density at radius 2 is 2.43 bits per heavy atom. The van der Waals surface area contributed by atoms with Crippen molar-refractivity contribution in [3.05, 3.63) is 21.3 Å². The quantitative estimate of drug-likeness (QED) is 0.607. The molecule has 0 aliphatic heterocycles. The first kappa shape index (κ1) is 11.9. The minimum absolute atomic E-state index is 0.0671. The maximum Gasteiger partial charge on any atom is 0.0592 e. The third-order valence-corrected chi connectivity index (χ3v) is 3.60. The van der Waals surface area contributed by atoms with E-state index in [4.69, 9.17) is 22.2 Å². The van der Waals surface area contributed by atoms with Crippen LogP contribution < -0.4 is 11.3 Å². The van der Waals surface area contributed by atoms with E-state index in [1.165, 1.54) is 0 Å². The highest BCUT2D eigenvalue weighted by molar-refractivity contribution is 7.10. The molecule has 1 aromatic heterocycles. The Hall–Kier alpha value is -0.130. The average molecular weight is 235 g/mol. The number of hydrazine groups is 1. The molecule has 0 aliphatic carbocycles. The second-order valence-electron chi connectivity index (χ2n) is 3.13. The fourth-order valence-corrected chi connectivity index (χ4v) is 2.50. The van der Waals surface area contributed by atoms with Crippen LogP contribution in [0.5, 0.6) is 0 Å². The molecule has 80 valence electrons. The molecule has 0 saturated carbocycles. The van der Waals surface area contributed by atoms with E-state index in [1.807, 2.05) is 18.4 Å². The number of rotatable bonds is 5. The highest BCUT2D eigenvalue weighted by Crippen LogP contribution is 2.30. The summed E-state index contributed by atoms with van der Waals surface area (Å²) in [4.78, 5) is 1.07. The van der Waals surface area contributed by atoms with Crippen LogP contribution >= 0.6 is 22.9 Å². The number of nitrogens with one attached hydrogen (secondary N) is 1. The van der Waals surface area contributed by atoms with Crippen LogP contribution in [0.15, 0.2) is 11.4 Å². The summed E-state index contributed by atoms with van der Waals surface area (Å²) in [5, 5.41) is 2.72. The smallest absolute Gasteiger partial charge is 0.0592 e. The molecule has 2 unspecified atom stereocenters. The lowest BCUT2D eigenvalue weighted by atomic mass is 10.1. The molecule has 1 heterocycles. The third kappa shape index (κ3) is 2.93. The van der Waals surface area contributed by atoms with Crippen molar-refractivity contribution >= 4 is 22.9 Å². The van der Waals surface area contributed by atoms with Crippen molar-refractivity contribution in [2.45, 2.75) is 25.5 Å². The van der Waals surface area contributed by atoms with Crippen LogP contribution in [-0.2, 0) is 4.74 Å². The number of hydrogen-bond donors (Lipinski definition) is 2. The van der Waals surface area contributed by atoms with E-state index >= 15 is 0 Å². The third-order valence-electron chi connectivity index (χ3n) is 2.13. The van der Waals surface area contributed by atoms with Crippen molar-refractivity contribution in [2.75, 3.05) is 7.11 Å². The van der Waals surface area contributed by atoms with Crippen LogP contribution in [-0.4, -0.2) is 13.2 Å². The summed E-state index contributed by atoms with van der Waals surface area (Å²) in [6.45, 7) is 2.01. The van der Waals surface area contributed by atoms with Crippen LogP contribution in [0.1, 0.15) is 24.3 Å². The van der Waals surface area contributed by atoms with E-state index in [0.29, 0.717) is 0 Å². The molecule has 0 aliphatic rings. The summed E-state index contributed by atoms with van der Waals surface area (Å²) >= 11 is 7.62. The van der Waals surface area contributed by atoms with Crippen LogP contribution in [0.2, 0.25) is 5.02 Å². The largest absolute Gasteiger partial charge is 0.382 e. The fraction of sp³-hybridized carbons (Fsp3) is 0.556. The summed E-state index contributed by atoms with van der Waals surface area (Å²) in [6, 6.07) is 1.95. The molecule has 0 radical (unpaired) electrons. The van der Waals surface area contributed by atoms with Gasteiger partial charge >= 0.3 is 0 Å². The van der Waals surface area contributed by atoms with Crippen molar-refractivity contribution in [1.82, 2.24) is 5.43 Å². The van der Waals surface area contributed by atoms with E-state index in [-0.39, 0.29) is 12.1 Å². The molecule has 0 amide bonds. The number of hydrogen-bond acceptors (Lipinski definition) is 4. The zero-order valence-corrected chi connectivity index (χ0v) is 9.86. The van der Waals surface area contributed by atoms with Gasteiger partial charge in [0.2, 0.25) is 0 Å². The molecule has 3 N–H and O–H groups in total. The summed E-state index contributed by atoms with van der Waals surface area (Å²) in [5.41, 5.74) is 2.76. The molecule has 0 bridgehead atoms. The second kappa shape index (κ2) is 5.68. The number of thiophene rings is 1. The average Bonchev–Trinajstić information content (AvgIpc) is 2.60. The fourth-order valence-electron chi connectivity index (χ4n) is 1.23. The highest BCUT2D eigenvalue weighted by Gasteiger charge is 2.17. The van der Waals surface area contributed by atoms with Crippen LogP contribution in [0, 0.1) is 0 Å². The minimum atomic E-state index is 0.0671. The van der Waals surface area contributed by atoms with Gasteiger partial charge in [-0.05, 0) is 24.8 Å². The maximum absolute atomic E-state index is 6.01. The highest BCUT2D eigenvalue weighted by atomic mass is 35.5. The number of halogens is 1. The van der Waals surface area contributed by atoms with Crippen molar-refractivity contribution in [1.29, 1.82) is 0 Å². The summed E-state index contributed by atoms with van der Waals surface area (Å²) < 4.78 is 5.19. The monoisotopic (exact) mass is 234 g/mol. The Kier molecular flexibility index (Phi) is 4.84. The zero-order chi connectivity index (χ0) is 10.6. The van der Waals surface area contributed by atoms with Gasteiger partial charge in [-0.25, -0.2) is 0 Å². The predicted molar refractivity (Wildman–Crippen MR) is 60.5 cm³/mol. The zero-order valence-electron chi connectivity index (χ0n) is 8.29. The Balaban J connectivity index is 2.67. The molecular formula is C9H15ClN2OS.